The molecule has 0 spiro atoms. The number of hydrogen-bond donors (Lipinski definition) is 1. The van der Waals surface area contributed by atoms with Crippen molar-refractivity contribution in [3.63, 3.8) is 0 Å². The number of nitrogens with zero attached hydrogens (tertiary/aromatic N) is 2. The third-order valence-electron chi connectivity index (χ3n) is 2.86. The van der Waals surface area contributed by atoms with E-state index in [0.717, 1.165) is 16.9 Å². The second kappa shape index (κ2) is 7.27. The van der Waals surface area contributed by atoms with Crippen molar-refractivity contribution in [3.05, 3.63) is 59.9 Å². The normalized spacial score (nSPS) is 11.6. The summed E-state index contributed by atoms with van der Waals surface area (Å²) in [6, 6.07) is 13.4. The molecule has 2 rings (SSSR count). The molecule has 0 aliphatic heterocycles. The predicted octanol–water partition coefficient (Wildman–Crippen LogP) is 2.83. The summed E-state index contributed by atoms with van der Waals surface area (Å²) in [5.74, 6) is 0.786. The fourth-order valence-corrected chi connectivity index (χ4v) is 1.91. The monoisotopic (exact) mass is 267 g/mol. The fourth-order valence-electron chi connectivity index (χ4n) is 1.91. The van der Waals surface area contributed by atoms with Crippen LogP contribution in [0.15, 0.2) is 48.8 Å². The molecule has 0 saturated carbocycles. The van der Waals surface area contributed by atoms with Crippen molar-refractivity contribution in [1.82, 2.24) is 10.3 Å². The van der Waals surface area contributed by atoms with E-state index in [1.807, 2.05) is 43.3 Å². The van der Waals surface area contributed by atoms with Crippen LogP contribution in [0, 0.1) is 11.3 Å². The van der Waals surface area contributed by atoms with Gasteiger partial charge >= 0.3 is 0 Å². The van der Waals surface area contributed by atoms with Crippen LogP contribution in [0.3, 0.4) is 0 Å². The first kappa shape index (κ1) is 14.0. The van der Waals surface area contributed by atoms with Crippen molar-refractivity contribution < 1.29 is 4.74 Å². The van der Waals surface area contributed by atoms with Crippen LogP contribution in [0.5, 0.6) is 5.75 Å². The van der Waals surface area contributed by atoms with Crippen LogP contribution in [0.25, 0.3) is 0 Å². The lowest BCUT2D eigenvalue weighted by Gasteiger charge is -2.13. The van der Waals surface area contributed by atoms with Gasteiger partial charge in [-0.15, -0.1) is 0 Å². The van der Waals surface area contributed by atoms with Gasteiger partial charge in [0.2, 0.25) is 0 Å². The molecule has 1 atom stereocenters. The van der Waals surface area contributed by atoms with Crippen molar-refractivity contribution in [1.29, 1.82) is 5.26 Å². The maximum atomic E-state index is 9.31. The van der Waals surface area contributed by atoms with E-state index in [9.17, 15) is 5.26 Å². The van der Waals surface area contributed by atoms with E-state index in [-0.39, 0.29) is 6.04 Å². The molecule has 0 amide bonds. The molecule has 1 N–H and O–H groups in total. The third-order valence-corrected chi connectivity index (χ3v) is 2.86. The summed E-state index contributed by atoms with van der Waals surface area (Å²) in [6.45, 7) is 3.16. The zero-order valence-electron chi connectivity index (χ0n) is 11.4. The Morgan fingerprint density at radius 3 is 2.95 bits per heavy atom. The minimum atomic E-state index is -0.365. The Morgan fingerprint density at radius 2 is 2.25 bits per heavy atom. The van der Waals surface area contributed by atoms with Gasteiger partial charge in [-0.2, -0.15) is 5.26 Å². The summed E-state index contributed by atoms with van der Waals surface area (Å²) in [6.07, 6.45) is 3.52. The van der Waals surface area contributed by atoms with E-state index in [1.165, 1.54) is 0 Å². The molecule has 20 heavy (non-hydrogen) atoms. The Kier molecular flexibility index (Phi) is 5.10. The van der Waals surface area contributed by atoms with Gasteiger partial charge in [-0.3, -0.25) is 10.3 Å². The minimum absolute atomic E-state index is 0.365. The van der Waals surface area contributed by atoms with E-state index >= 15 is 0 Å². The summed E-state index contributed by atoms with van der Waals surface area (Å²) in [4.78, 5) is 4.06. The highest BCUT2D eigenvalue weighted by molar-refractivity contribution is 5.33. The van der Waals surface area contributed by atoms with Gasteiger partial charge < -0.3 is 4.74 Å². The average molecular weight is 267 g/mol. The highest BCUT2D eigenvalue weighted by atomic mass is 16.5. The fraction of sp³-hybridized carbons (Fsp3) is 0.250. The SMILES string of the molecule is CCOc1cccc(C(C#N)NCc2cccnc2)c1. The van der Waals surface area contributed by atoms with Gasteiger partial charge in [0.15, 0.2) is 0 Å². The molecule has 0 saturated heterocycles. The van der Waals surface area contributed by atoms with Gasteiger partial charge in [-0.1, -0.05) is 18.2 Å². The summed E-state index contributed by atoms with van der Waals surface area (Å²) in [5, 5.41) is 12.5. The lowest BCUT2D eigenvalue weighted by Crippen LogP contribution is -2.19. The number of ether oxygens (including phenoxy) is 1. The van der Waals surface area contributed by atoms with Crippen molar-refractivity contribution in [2.24, 2.45) is 0 Å². The van der Waals surface area contributed by atoms with Crippen molar-refractivity contribution in [2.75, 3.05) is 6.61 Å². The van der Waals surface area contributed by atoms with E-state index in [2.05, 4.69) is 16.4 Å². The Labute approximate surface area is 119 Å². The number of aromatic nitrogens is 1. The molecule has 4 heteroatoms. The zero-order valence-corrected chi connectivity index (χ0v) is 11.4. The molecule has 0 radical (unpaired) electrons. The second-order valence-electron chi connectivity index (χ2n) is 4.31. The molecule has 1 aromatic heterocycles. The van der Waals surface area contributed by atoms with Gasteiger partial charge in [-0.25, -0.2) is 0 Å². The first-order valence-corrected chi connectivity index (χ1v) is 6.58. The largest absolute Gasteiger partial charge is 0.494 e. The summed E-state index contributed by atoms with van der Waals surface area (Å²) >= 11 is 0. The van der Waals surface area contributed by atoms with Crippen molar-refractivity contribution in [3.8, 4) is 11.8 Å². The molecule has 0 aliphatic carbocycles. The molecule has 102 valence electrons. The zero-order chi connectivity index (χ0) is 14.2. The minimum Gasteiger partial charge on any atom is -0.494 e. The Morgan fingerprint density at radius 1 is 1.35 bits per heavy atom. The molecule has 0 fully saturated rings. The maximum Gasteiger partial charge on any atom is 0.121 e. The molecule has 1 unspecified atom stereocenters. The molecule has 1 aromatic carbocycles. The lowest BCUT2D eigenvalue weighted by atomic mass is 10.1. The van der Waals surface area contributed by atoms with Crippen molar-refractivity contribution >= 4 is 0 Å². The van der Waals surface area contributed by atoms with Crippen LogP contribution in [0.1, 0.15) is 24.1 Å². The smallest absolute Gasteiger partial charge is 0.121 e. The molecule has 0 bridgehead atoms. The van der Waals surface area contributed by atoms with Gasteiger partial charge in [0.25, 0.3) is 0 Å². The number of rotatable bonds is 6. The van der Waals surface area contributed by atoms with E-state index < -0.39 is 0 Å². The Balaban J connectivity index is 2.05. The number of nitrogens with one attached hydrogen (secondary N) is 1. The summed E-state index contributed by atoms with van der Waals surface area (Å²) < 4.78 is 5.46. The molecule has 0 aliphatic rings. The Hall–Kier alpha value is -2.38. The second-order valence-corrected chi connectivity index (χ2v) is 4.31. The number of benzene rings is 1. The highest BCUT2D eigenvalue weighted by Crippen LogP contribution is 2.19. The lowest BCUT2D eigenvalue weighted by molar-refractivity contribution is 0.339. The van der Waals surface area contributed by atoms with Crippen LogP contribution in [-0.2, 0) is 6.54 Å². The first-order valence-electron chi connectivity index (χ1n) is 6.58. The molecular weight excluding hydrogens is 250 g/mol. The van der Waals surface area contributed by atoms with Gasteiger partial charge in [0.1, 0.15) is 11.8 Å². The van der Waals surface area contributed by atoms with E-state index in [1.54, 1.807) is 12.4 Å². The standard InChI is InChI=1S/C16H17N3O/c1-2-20-15-7-3-6-14(9-15)16(10-17)19-12-13-5-4-8-18-11-13/h3-9,11,16,19H,2,12H2,1H3. The molecule has 2 aromatic rings. The number of hydrogen-bond acceptors (Lipinski definition) is 4. The highest BCUT2D eigenvalue weighted by Gasteiger charge is 2.10. The summed E-state index contributed by atoms with van der Waals surface area (Å²) in [7, 11) is 0. The van der Waals surface area contributed by atoms with Crippen LogP contribution in [-0.4, -0.2) is 11.6 Å². The Bertz CT molecular complexity index is 578. The molecule has 1 heterocycles. The van der Waals surface area contributed by atoms with Crippen molar-refractivity contribution in [2.45, 2.75) is 19.5 Å². The van der Waals surface area contributed by atoms with Crippen LogP contribution in [0.2, 0.25) is 0 Å². The molecule has 4 nitrogen and oxygen atoms in total. The quantitative estimate of drug-likeness (QED) is 0.874. The predicted molar refractivity (Wildman–Crippen MR) is 77.0 cm³/mol. The van der Waals surface area contributed by atoms with Gasteiger partial charge in [-0.05, 0) is 36.2 Å². The van der Waals surface area contributed by atoms with Gasteiger partial charge in [0.05, 0.1) is 12.7 Å². The van der Waals surface area contributed by atoms with Crippen LogP contribution >= 0.6 is 0 Å². The van der Waals surface area contributed by atoms with Crippen LogP contribution in [0.4, 0.5) is 0 Å². The number of pyridine rings is 1. The number of nitriles is 1. The van der Waals surface area contributed by atoms with Gasteiger partial charge in [0, 0.05) is 18.9 Å². The molecular formula is C16H17N3O. The van der Waals surface area contributed by atoms with E-state index in [4.69, 9.17) is 4.74 Å². The maximum absolute atomic E-state index is 9.31. The summed E-state index contributed by atoms with van der Waals surface area (Å²) in [5.41, 5.74) is 1.95. The first-order chi connectivity index (χ1) is 9.83. The van der Waals surface area contributed by atoms with Crippen LogP contribution < -0.4 is 10.1 Å². The van der Waals surface area contributed by atoms with E-state index in [0.29, 0.717) is 13.2 Å². The topological polar surface area (TPSA) is 57.9 Å². The average Bonchev–Trinajstić information content (AvgIpc) is 2.50. The third kappa shape index (κ3) is 3.81.